The fourth-order valence-electron chi connectivity index (χ4n) is 2.24. The third-order valence-electron chi connectivity index (χ3n) is 3.18. The van der Waals surface area contributed by atoms with Crippen LogP contribution in [0.15, 0.2) is 23.0 Å². The Labute approximate surface area is 95.4 Å². The van der Waals surface area contributed by atoms with E-state index in [0.717, 1.165) is 25.8 Å². The van der Waals surface area contributed by atoms with E-state index >= 15 is 0 Å². The molecule has 2 heterocycles. The standard InChI is InChI=1S/C12H18N2O2/c13-8-11-4-2-1-3-6-14(11)12(15)10-5-7-16-9-10/h5,7,9,11H,1-4,6,8,13H2. The summed E-state index contributed by atoms with van der Waals surface area (Å²) in [6.07, 6.45) is 7.46. The maximum absolute atomic E-state index is 12.2. The highest BCUT2D eigenvalue weighted by Gasteiger charge is 2.25. The third-order valence-corrected chi connectivity index (χ3v) is 3.18. The highest BCUT2D eigenvalue weighted by Crippen LogP contribution is 2.18. The van der Waals surface area contributed by atoms with Crippen LogP contribution in [0.1, 0.15) is 36.0 Å². The molecule has 0 aromatic carbocycles. The summed E-state index contributed by atoms with van der Waals surface area (Å²) in [7, 11) is 0. The minimum absolute atomic E-state index is 0.0473. The largest absolute Gasteiger partial charge is 0.472 e. The number of rotatable bonds is 2. The Balaban J connectivity index is 2.13. The number of nitrogens with two attached hydrogens (primary N) is 1. The molecule has 1 aromatic rings. The molecule has 1 aliphatic heterocycles. The van der Waals surface area contributed by atoms with E-state index in [1.54, 1.807) is 6.07 Å². The van der Waals surface area contributed by atoms with Gasteiger partial charge in [-0.05, 0) is 18.9 Å². The van der Waals surface area contributed by atoms with Crippen molar-refractivity contribution in [3.8, 4) is 0 Å². The Hall–Kier alpha value is -1.29. The lowest BCUT2D eigenvalue weighted by molar-refractivity contribution is 0.0688. The Morgan fingerprint density at radius 1 is 1.50 bits per heavy atom. The van der Waals surface area contributed by atoms with Gasteiger partial charge in [0.1, 0.15) is 6.26 Å². The van der Waals surface area contributed by atoms with Gasteiger partial charge in [0.15, 0.2) is 0 Å². The molecule has 0 bridgehead atoms. The second kappa shape index (κ2) is 5.16. The molecule has 4 nitrogen and oxygen atoms in total. The summed E-state index contributed by atoms with van der Waals surface area (Å²) < 4.78 is 4.95. The first-order valence-corrected chi connectivity index (χ1v) is 5.86. The van der Waals surface area contributed by atoms with Crippen LogP contribution in [-0.4, -0.2) is 29.9 Å². The fraction of sp³-hybridized carbons (Fsp3) is 0.583. The van der Waals surface area contributed by atoms with Crippen LogP contribution in [0, 0.1) is 0 Å². The first-order chi connectivity index (χ1) is 7.83. The van der Waals surface area contributed by atoms with Crippen LogP contribution in [0.4, 0.5) is 0 Å². The molecule has 1 aromatic heterocycles. The molecule has 0 spiro atoms. The van der Waals surface area contributed by atoms with E-state index in [4.69, 9.17) is 10.2 Å². The molecular weight excluding hydrogens is 204 g/mol. The number of likely N-dealkylation sites (tertiary alicyclic amines) is 1. The molecule has 4 heteroatoms. The van der Waals surface area contributed by atoms with Crippen molar-refractivity contribution in [1.82, 2.24) is 4.90 Å². The average molecular weight is 222 g/mol. The molecule has 0 saturated carbocycles. The van der Waals surface area contributed by atoms with Crippen LogP contribution in [0.5, 0.6) is 0 Å². The van der Waals surface area contributed by atoms with E-state index in [1.165, 1.54) is 18.9 Å². The zero-order chi connectivity index (χ0) is 11.4. The van der Waals surface area contributed by atoms with Crippen molar-refractivity contribution in [1.29, 1.82) is 0 Å². The zero-order valence-electron chi connectivity index (χ0n) is 9.39. The van der Waals surface area contributed by atoms with Gasteiger partial charge in [-0.15, -0.1) is 0 Å². The van der Waals surface area contributed by atoms with Gasteiger partial charge in [0, 0.05) is 19.1 Å². The van der Waals surface area contributed by atoms with Crippen LogP contribution in [0.3, 0.4) is 0 Å². The Morgan fingerprint density at radius 3 is 3.06 bits per heavy atom. The van der Waals surface area contributed by atoms with Crippen molar-refractivity contribution in [2.75, 3.05) is 13.1 Å². The smallest absolute Gasteiger partial charge is 0.257 e. The summed E-state index contributed by atoms with van der Waals surface area (Å²) in [5, 5.41) is 0. The van der Waals surface area contributed by atoms with Crippen molar-refractivity contribution in [3.05, 3.63) is 24.2 Å². The molecule has 16 heavy (non-hydrogen) atoms. The van der Waals surface area contributed by atoms with Crippen LogP contribution in [0.25, 0.3) is 0 Å². The zero-order valence-corrected chi connectivity index (χ0v) is 9.39. The molecule has 2 N–H and O–H groups in total. The molecular formula is C12H18N2O2. The first-order valence-electron chi connectivity index (χ1n) is 5.86. The summed E-state index contributed by atoms with van der Waals surface area (Å²) in [4.78, 5) is 14.1. The van der Waals surface area contributed by atoms with Crippen LogP contribution in [-0.2, 0) is 0 Å². The number of carbonyl (C=O) groups is 1. The molecule has 88 valence electrons. The van der Waals surface area contributed by atoms with Crippen molar-refractivity contribution < 1.29 is 9.21 Å². The van der Waals surface area contributed by atoms with E-state index in [1.807, 2.05) is 4.90 Å². The maximum atomic E-state index is 12.2. The molecule has 1 atom stereocenters. The quantitative estimate of drug-likeness (QED) is 0.827. The Bertz CT molecular complexity index is 335. The lowest BCUT2D eigenvalue weighted by atomic mass is 10.1. The monoisotopic (exact) mass is 222 g/mol. The third kappa shape index (κ3) is 2.27. The fourth-order valence-corrected chi connectivity index (χ4v) is 2.24. The van der Waals surface area contributed by atoms with E-state index in [2.05, 4.69) is 0 Å². The van der Waals surface area contributed by atoms with Gasteiger partial charge in [-0.2, -0.15) is 0 Å². The molecule has 1 amide bonds. The topological polar surface area (TPSA) is 59.5 Å². The van der Waals surface area contributed by atoms with Crippen molar-refractivity contribution >= 4 is 5.91 Å². The molecule has 2 rings (SSSR count). The van der Waals surface area contributed by atoms with Gasteiger partial charge in [0.25, 0.3) is 5.91 Å². The number of carbonyl (C=O) groups excluding carboxylic acids is 1. The van der Waals surface area contributed by atoms with E-state index in [9.17, 15) is 4.79 Å². The lowest BCUT2D eigenvalue weighted by Crippen LogP contribution is -2.44. The average Bonchev–Trinajstić information content (AvgIpc) is 2.73. The predicted molar refractivity (Wildman–Crippen MR) is 61.1 cm³/mol. The van der Waals surface area contributed by atoms with Crippen LogP contribution >= 0.6 is 0 Å². The van der Waals surface area contributed by atoms with Crippen molar-refractivity contribution in [2.24, 2.45) is 5.73 Å². The number of amides is 1. The Morgan fingerprint density at radius 2 is 2.38 bits per heavy atom. The van der Waals surface area contributed by atoms with Crippen molar-refractivity contribution in [2.45, 2.75) is 31.7 Å². The second-order valence-electron chi connectivity index (χ2n) is 4.25. The highest BCUT2D eigenvalue weighted by molar-refractivity contribution is 5.94. The SMILES string of the molecule is NCC1CCCCCN1C(=O)c1ccoc1. The summed E-state index contributed by atoms with van der Waals surface area (Å²) in [5.74, 6) is 0.0473. The normalized spacial score (nSPS) is 21.8. The lowest BCUT2D eigenvalue weighted by Gasteiger charge is -2.28. The number of nitrogens with zero attached hydrogens (tertiary/aromatic N) is 1. The van der Waals surface area contributed by atoms with Crippen LogP contribution in [0.2, 0.25) is 0 Å². The summed E-state index contributed by atoms with van der Waals surface area (Å²) >= 11 is 0. The molecule has 1 aliphatic rings. The predicted octanol–water partition coefficient (Wildman–Crippen LogP) is 1.62. The number of hydrogen-bond acceptors (Lipinski definition) is 3. The summed E-state index contributed by atoms with van der Waals surface area (Å²) in [6.45, 7) is 1.36. The van der Waals surface area contributed by atoms with Crippen LogP contribution < -0.4 is 5.73 Å². The summed E-state index contributed by atoms with van der Waals surface area (Å²) in [5.41, 5.74) is 6.36. The molecule has 1 saturated heterocycles. The van der Waals surface area contributed by atoms with Gasteiger partial charge in [-0.1, -0.05) is 12.8 Å². The number of furan rings is 1. The van der Waals surface area contributed by atoms with Gasteiger partial charge in [0.05, 0.1) is 11.8 Å². The van der Waals surface area contributed by atoms with E-state index in [0.29, 0.717) is 12.1 Å². The van der Waals surface area contributed by atoms with Gasteiger partial charge >= 0.3 is 0 Å². The van der Waals surface area contributed by atoms with E-state index in [-0.39, 0.29) is 11.9 Å². The molecule has 0 radical (unpaired) electrons. The Kier molecular flexibility index (Phi) is 3.62. The number of hydrogen-bond donors (Lipinski definition) is 1. The summed E-state index contributed by atoms with van der Waals surface area (Å²) in [6, 6.07) is 1.89. The highest BCUT2D eigenvalue weighted by atomic mass is 16.3. The molecule has 1 unspecified atom stereocenters. The van der Waals surface area contributed by atoms with E-state index < -0.39 is 0 Å². The second-order valence-corrected chi connectivity index (χ2v) is 4.25. The first kappa shape index (κ1) is 11.2. The molecule has 0 aliphatic carbocycles. The van der Waals surface area contributed by atoms with Crippen molar-refractivity contribution in [3.63, 3.8) is 0 Å². The minimum atomic E-state index is 0.0473. The van der Waals surface area contributed by atoms with Gasteiger partial charge < -0.3 is 15.1 Å². The minimum Gasteiger partial charge on any atom is -0.472 e. The van der Waals surface area contributed by atoms with Gasteiger partial charge in [-0.25, -0.2) is 0 Å². The molecule has 1 fully saturated rings. The van der Waals surface area contributed by atoms with Gasteiger partial charge in [-0.3, -0.25) is 4.79 Å². The maximum Gasteiger partial charge on any atom is 0.257 e. The van der Waals surface area contributed by atoms with Gasteiger partial charge in [0.2, 0.25) is 0 Å².